The highest BCUT2D eigenvalue weighted by Gasteiger charge is 2.33. The van der Waals surface area contributed by atoms with Crippen molar-refractivity contribution in [2.24, 2.45) is 0 Å². The number of aliphatic carboxylic acids is 1. The van der Waals surface area contributed by atoms with E-state index >= 15 is 0 Å². The number of rotatable bonds is 6. The molecule has 2 rings (SSSR count). The van der Waals surface area contributed by atoms with E-state index in [1.165, 1.54) is 18.2 Å². The predicted octanol–water partition coefficient (Wildman–Crippen LogP) is 1.98. The van der Waals surface area contributed by atoms with Gasteiger partial charge in [0.25, 0.3) is 11.6 Å². The summed E-state index contributed by atoms with van der Waals surface area (Å²) in [4.78, 5) is 34.9. The molecule has 0 heterocycles. The lowest BCUT2D eigenvalue weighted by molar-refractivity contribution is -0.384. The van der Waals surface area contributed by atoms with Gasteiger partial charge in [-0.05, 0) is 31.4 Å². The Morgan fingerprint density at radius 3 is 2.57 bits per heavy atom. The van der Waals surface area contributed by atoms with Crippen LogP contribution in [0.4, 0.5) is 5.69 Å². The van der Waals surface area contributed by atoms with Crippen LogP contribution in [0, 0.1) is 17.0 Å². The molecule has 0 aliphatic heterocycles. The fraction of sp³-hybridized carbons (Fsp3) is 0.429. The number of benzene rings is 1. The van der Waals surface area contributed by atoms with Crippen molar-refractivity contribution in [2.75, 3.05) is 6.54 Å². The molecule has 21 heavy (non-hydrogen) atoms. The van der Waals surface area contributed by atoms with Crippen LogP contribution in [0.2, 0.25) is 0 Å². The minimum atomic E-state index is -0.950. The Morgan fingerprint density at radius 2 is 2.10 bits per heavy atom. The zero-order chi connectivity index (χ0) is 15.6. The van der Waals surface area contributed by atoms with Crippen molar-refractivity contribution >= 4 is 17.6 Å². The molecule has 0 saturated heterocycles. The first-order valence-corrected chi connectivity index (χ1v) is 6.68. The molecule has 7 heteroatoms. The largest absolute Gasteiger partial charge is 0.481 e. The molecule has 1 saturated carbocycles. The zero-order valence-electron chi connectivity index (χ0n) is 11.6. The third kappa shape index (κ3) is 3.56. The molecule has 0 aromatic heterocycles. The molecule has 1 aromatic rings. The second-order valence-corrected chi connectivity index (χ2v) is 5.13. The van der Waals surface area contributed by atoms with Crippen molar-refractivity contribution in [3.63, 3.8) is 0 Å². The number of nitro groups is 1. The SMILES string of the molecule is Cc1cc([N+](=O)[O-])ccc1C(=O)N(CCC(=O)O)C1CC1. The van der Waals surface area contributed by atoms with Gasteiger partial charge in [0.2, 0.25) is 0 Å². The number of carbonyl (C=O) groups is 2. The summed E-state index contributed by atoms with van der Waals surface area (Å²) in [6, 6.07) is 4.18. The number of aryl methyl sites for hydroxylation is 1. The third-order valence-corrected chi connectivity index (χ3v) is 3.47. The van der Waals surface area contributed by atoms with Crippen LogP contribution in [-0.2, 0) is 4.79 Å². The maximum Gasteiger partial charge on any atom is 0.305 e. The quantitative estimate of drug-likeness (QED) is 0.638. The minimum absolute atomic E-state index is 0.0624. The van der Waals surface area contributed by atoms with E-state index in [1.54, 1.807) is 11.8 Å². The molecule has 1 aliphatic carbocycles. The molecule has 1 aromatic carbocycles. The Kier molecular flexibility index (Phi) is 4.21. The summed E-state index contributed by atoms with van der Waals surface area (Å²) in [5.41, 5.74) is 0.848. The Bertz CT molecular complexity index is 595. The summed E-state index contributed by atoms with van der Waals surface area (Å²) in [5.74, 6) is -1.21. The van der Waals surface area contributed by atoms with Gasteiger partial charge in [-0.3, -0.25) is 19.7 Å². The summed E-state index contributed by atoms with van der Waals surface area (Å²) in [5, 5.41) is 19.5. The topological polar surface area (TPSA) is 101 Å². The van der Waals surface area contributed by atoms with Crippen molar-refractivity contribution in [1.29, 1.82) is 0 Å². The molecule has 0 radical (unpaired) electrons. The first kappa shape index (κ1) is 15.0. The molecule has 0 atom stereocenters. The van der Waals surface area contributed by atoms with E-state index in [9.17, 15) is 19.7 Å². The minimum Gasteiger partial charge on any atom is -0.481 e. The highest BCUT2D eigenvalue weighted by atomic mass is 16.6. The first-order valence-electron chi connectivity index (χ1n) is 6.68. The van der Waals surface area contributed by atoms with Gasteiger partial charge in [-0.15, -0.1) is 0 Å². The van der Waals surface area contributed by atoms with Crippen LogP contribution >= 0.6 is 0 Å². The van der Waals surface area contributed by atoms with E-state index in [4.69, 9.17) is 5.11 Å². The fourth-order valence-electron chi connectivity index (χ4n) is 2.21. The van der Waals surface area contributed by atoms with Gasteiger partial charge in [0.1, 0.15) is 0 Å². The molecular weight excluding hydrogens is 276 g/mol. The standard InChI is InChI=1S/C14H16N2O5/c1-9-8-11(16(20)21)4-5-12(9)14(19)15(10-2-3-10)7-6-13(17)18/h4-5,8,10H,2-3,6-7H2,1H3,(H,17,18). The lowest BCUT2D eigenvalue weighted by Crippen LogP contribution is -2.35. The number of hydrogen-bond acceptors (Lipinski definition) is 4. The average molecular weight is 292 g/mol. The van der Waals surface area contributed by atoms with Crippen molar-refractivity contribution < 1.29 is 19.6 Å². The van der Waals surface area contributed by atoms with E-state index in [1.807, 2.05) is 0 Å². The summed E-state index contributed by atoms with van der Waals surface area (Å²) in [6.07, 6.45) is 1.64. The lowest BCUT2D eigenvalue weighted by atomic mass is 10.1. The summed E-state index contributed by atoms with van der Waals surface area (Å²) in [7, 11) is 0. The van der Waals surface area contributed by atoms with Crippen LogP contribution in [0.3, 0.4) is 0 Å². The number of nitro benzene ring substituents is 1. The fourth-order valence-corrected chi connectivity index (χ4v) is 2.21. The summed E-state index contributed by atoms with van der Waals surface area (Å²) < 4.78 is 0. The van der Waals surface area contributed by atoms with Crippen molar-refractivity contribution in [3.8, 4) is 0 Å². The second-order valence-electron chi connectivity index (χ2n) is 5.13. The maximum absolute atomic E-state index is 12.5. The van der Waals surface area contributed by atoms with E-state index in [0.29, 0.717) is 11.1 Å². The van der Waals surface area contributed by atoms with Crippen LogP contribution in [0.5, 0.6) is 0 Å². The van der Waals surface area contributed by atoms with Crippen LogP contribution in [0.1, 0.15) is 35.2 Å². The predicted molar refractivity (Wildman–Crippen MR) is 74.1 cm³/mol. The van der Waals surface area contributed by atoms with E-state index in [2.05, 4.69) is 0 Å². The highest BCUT2D eigenvalue weighted by molar-refractivity contribution is 5.96. The van der Waals surface area contributed by atoms with Crippen LogP contribution in [0.15, 0.2) is 18.2 Å². The van der Waals surface area contributed by atoms with Gasteiger partial charge in [-0.25, -0.2) is 0 Å². The summed E-state index contributed by atoms with van der Waals surface area (Å²) in [6.45, 7) is 1.80. The third-order valence-electron chi connectivity index (χ3n) is 3.47. The van der Waals surface area contributed by atoms with Gasteiger partial charge in [-0.2, -0.15) is 0 Å². The molecule has 0 bridgehead atoms. The Hall–Kier alpha value is -2.44. The van der Waals surface area contributed by atoms with E-state index < -0.39 is 10.9 Å². The summed E-state index contributed by atoms with van der Waals surface area (Å²) >= 11 is 0. The number of hydrogen-bond donors (Lipinski definition) is 1. The van der Waals surface area contributed by atoms with E-state index in [-0.39, 0.29) is 30.6 Å². The number of carboxylic acids is 1. The average Bonchev–Trinajstić information content (AvgIpc) is 3.22. The van der Waals surface area contributed by atoms with Crippen molar-refractivity contribution in [2.45, 2.75) is 32.2 Å². The number of non-ortho nitro benzene ring substituents is 1. The van der Waals surface area contributed by atoms with Gasteiger partial charge in [0, 0.05) is 30.3 Å². The Labute approximate surface area is 121 Å². The molecular formula is C14H16N2O5. The normalized spacial score (nSPS) is 13.8. The highest BCUT2D eigenvalue weighted by Crippen LogP contribution is 2.29. The van der Waals surface area contributed by atoms with Crippen LogP contribution in [-0.4, -0.2) is 39.4 Å². The smallest absolute Gasteiger partial charge is 0.305 e. The second kappa shape index (κ2) is 5.90. The van der Waals surface area contributed by atoms with Gasteiger partial charge >= 0.3 is 5.97 Å². The lowest BCUT2D eigenvalue weighted by Gasteiger charge is -2.22. The number of amides is 1. The molecule has 1 N–H and O–H groups in total. The number of carboxylic acid groups (broad SMARTS) is 1. The zero-order valence-corrected chi connectivity index (χ0v) is 11.6. The Balaban J connectivity index is 2.20. The number of carbonyl (C=O) groups excluding carboxylic acids is 1. The first-order chi connectivity index (χ1) is 9.90. The number of nitrogens with zero attached hydrogens (tertiary/aromatic N) is 2. The molecule has 0 spiro atoms. The van der Waals surface area contributed by atoms with Gasteiger partial charge in [0.15, 0.2) is 0 Å². The molecule has 1 amide bonds. The van der Waals surface area contributed by atoms with Crippen molar-refractivity contribution in [3.05, 3.63) is 39.4 Å². The van der Waals surface area contributed by atoms with Gasteiger partial charge < -0.3 is 10.0 Å². The van der Waals surface area contributed by atoms with Gasteiger partial charge in [-0.1, -0.05) is 0 Å². The molecule has 7 nitrogen and oxygen atoms in total. The monoisotopic (exact) mass is 292 g/mol. The molecule has 1 fully saturated rings. The van der Waals surface area contributed by atoms with Gasteiger partial charge in [0.05, 0.1) is 11.3 Å². The van der Waals surface area contributed by atoms with Crippen LogP contribution in [0.25, 0.3) is 0 Å². The maximum atomic E-state index is 12.5. The van der Waals surface area contributed by atoms with E-state index in [0.717, 1.165) is 12.8 Å². The van der Waals surface area contributed by atoms with Crippen molar-refractivity contribution in [1.82, 2.24) is 4.90 Å². The molecule has 112 valence electrons. The molecule has 0 unspecified atom stereocenters. The molecule has 1 aliphatic rings. The Morgan fingerprint density at radius 1 is 1.43 bits per heavy atom. The van der Waals surface area contributed by atoms with Crippen LogP contribution < -0.4 is 0 Å².